The fraction of sp³-hybridized carbons (Fsp3) is 0.385. The molecule has 3 aliphatic rings. The van der Waals surface area contributed by atoms with Gasteiger partial charge in [0.1, 0.15) is 0 Å². The van der Waals surface area contributed by atoms with Gasteiger partial charge >= 0.3 is 0 Å². The standard InChI is InChI=1S/C13H14/c1-9-8-10-6-7-11(9)13-5-3-2-4-12(10)13/h2-5,8,10-11H,6-7H2,1H3/t10-,11-/m0/s1. The fourth-order valence-corrected chi connectivity index (χ4v) is 2.90. The van der Waals surface area contributed by atoms with E-state index in [1.54, 1.807) is 16.7 Å². The van der Waals surface area contributed by atoms with Gasteiger partial charge in [-0.2, -0.15) is 0 Å². The summed E-state index contributed by atoms with van der Waals surface area (Å²) in [4.78, 5) is 0. The number of hydrogen-bond acceptors (Lipinski definition) is 0. The van der Waals surface area contributed by atoms with E-state index in [4.69, 9.17) is 0 Å². The lowest BCUT2D eigenvalue weighted by molar-refractivity contribution is 0.530. The Hall–Kier alpha value is -1.04. The van der Waals surface area contributed by atoms with E-state index in [1.165, 1.54) is 12.8 Å². The fourth-order valence-electron chi connectivity index (χ4n) is 2.90. The minimum absolute atomic E-state index is 0.723. The van der Waals surface area contributed by atoms with Crippen molar-refractivity contribution in [1.29, 1.82) is 0 Å². The summed E-state index contributed by atoms with van der Waals surface area (Å²) in [6, 6.07) is 8.95. The van der Waals surface area contributed by atoms with Crippen LogP contribution in [0.2, 0.25) is 0 Å². The minimum atomic E-state index is 0.723. The predicted octanol–water partition coefficient (Wildman–Crippen LogP) is 3.61. The number of allylic oxidation sites excluding steroid dienone is 2. The van der Waals surface area contributed by atoms with E-state index in [-0.39, 0.29) is 0 Å². The Morgan fingerprint density at radius 1 is 1.08 bits per heavy atom. The summed E-state index contributed by atoms with van der Waals surface area (Å²) in [6.07, 6.45) is 5.19. The molecule has 0 nitrogen and oxygen atoms in total. The van der Waals surface area contributed by atoms with Gasteiger partial charge in [-0.05, 0) is 30.9 Å². The average Bonchev–Trinajstić information content (AvgIpc) is 2.19. The molecule has 0 N–H and O–H groups in total. The van der Waals surface area contributed by atoms with Crippen molar-refractivity contribution in [3.05, 3.63) is 47.0 Å². The normalized spacial score (nSPS) is 29.8. The monoisotopic (exact) mass is 170 g/mol. The summed E-state index contributed by atoms with van der Waals surface area (Å²) in [7, 11) is 0. The molecule has 0 spiro atoms. The van der Waals surface area contributed by atoms with Crippen molar-refractivity contribution in [3.63, 3.8) is 0 Å². The highest BCUT2D eigenvalue weighted by Gasteiger charge is 2.31. The molecule has 2 atom stereocenters. The van der Waals surface area contributed by atoms with Gasteiger partial charge in [-0.25, -0.2) is 0 Å². The lowest BCUT2D eigenvalue weighted by Gasteiger charge is -2.36. The van der Waals surface area contributed by atoms with Gasteiger partial charge in [0.2, 0.25) is 0 Å². The topological polar surface area (TPSA) is 0 Å². The van der Waals surface area contributed by atoms with Crippen LogP contribution in [0.15, 0.2) is 35.9 Å². The van der Waals surface area contributed by atoms with Gasteiger partial charge in [-0.1, -0.05) is 35.9 Å². The lowest BCUT2D eigenvalue weighted by Crippen LogP contribution is -2.19. The molecule has 4 rings (SSSR count). The summed E-state index contributed by atoms with van der Waals surface area (Å²) < 4.78 is 0. The second kappa shape index (κ2) is 2.47. The van der Waals surface area contributed by atoms with E-state index in [2.05, 4.69) is 37.3 Å². The SMILES string of the molecule is CC1=C[C@@H]2CC[C@@H]1c1ccccc12. The Kier molecular flexibility index (Phi) is 1.40. The van der Waals surface area contributed by atoms with Crippen LogP contribution in [0.4, 0.5) is 0 Å². The molecule has 0 unspecified atom stereocenters. The largest absolute Gasteiger partial charge is 0.0775 e. The summed E-state index contributed by atoms with van der Waals surface area (Å²) in [5, 5.41) is 0. The van der Waals surface area contributed by atoms with Gasteiger partial charge in [0.15, 0.2) is 0 Å². The summed E-state index contributed by atoms with van der Waals surface area (Å²) in [6.45, 7) is 2.28. The smallest absolute Gasteiger partial charge is 0.00488 e. The predicted molar refractivity (Wildman–Crippen MR) is 54.9 cm³/mol. The maximum Gasteiger partial charge on any atom is 0.00488 e. The van der Waals surface area contributed by atoms with E-state index in [0.717, 1.165) is 11.8 Å². The van der Waals surface area contributed by atoms with Crippen molar-refractivity contribution in [1.82, 2.24) is 0 Å². The molecular formula is C13H14. The highest BCUT2D eigenvalue weighted by Crippen LogP contribution is 2.48. The highest BCUT2D eigenvalue weighted by atomic mass is 14.3. The van der Waals surface area contributed by atoms with Crippen LogP contribution in [0.5, 0.6) is 0 Å². The van der Waals surface area contributed by atoms with Crippen LogP contribution in [0.1, 0.15) is 42.7 Å². The van der Waals surface area contributed by atoms with Crippen LogP contribution in [-0.2, 0) is 0 Å². The van der Waals surface area contributed by atoms with E-state index in [9.17, 15) is 0 Å². The zero-order valence-corrected chi connectivity index (χ0v) is 7.96. The number of benzene rings is 1. The molecule has 0 aliphatic heterocycles. The lowest BCUT2D eigenvalue weighted by atomic mass is 9.68. The number of hydrogen-bond donors (Lipinski definition) is 0. The highest BCUT2D eigenvalue weighted by molar-refractivity contribution is 5.46. The number of fused-ring (bicyclic) bond motifs is 1. The van der Waals surface area contributed by atoms with Gasteiger partial charge in [-0.15, -0.1) is 0 Å². The first kappa shape index (κ1) is 7.37. The number of rotatable bonds is 0. The van der Waals surface area contributed by atoms with Gasteiger partial charge in [-0.3, -0.25) is 0 Å². The Morgan fingerprint density at radius 3 is 2.62 bits per heavy atom. The van der Waals surface area contributed by atoms with Crippen molar-refractivity contribution in [3.8, 4) is 0 Å². The molecule has 2 bridgehead atoms. The first-order chi connectivity index (χ1) is 6.36. The Labute approximate surface area is 79.3 Å². The molecule has 0 amide bonds. The van der Waals surface area contributed by atoms with Crippen molar-refractivity contribution >= 4 is 0 Å². The third-order valence-corrected chi connectivity index (χ3v) is 3.55. The van der Waals surface area contributed by atoms with Gasteiger partial charge in [0.05, 0.1) is 0 Å². The van der Waals surface area contributed by atoms with Crippen LogP contribution < -0.4 is 0 Å². The third-order valence-electron chi connectivity index (χ3n) is 3.55. The first-order valence-corrected chi connectivity index (χ1v) is 5.13. The van der Waals surface area contributed by atoms with Crippen molar-refractivity contribution in [2.24, 2.45) is 0 Å². The van der Waals surface area contributed by atoms with Crippen molar-refractivity contribution in [2.45, 2.75) is 31.6 Å². The maximum absolute atomic E-state index is 2.47. The summed E-state index contributed by atoms with van der Waals surface area (Å²) >= 11 is 0. The van der Waals surface area contributed by atoms with Crippen LogP contribution in [0.3, 0.4) is 0 Å². The Morgan fingerprint density at radius 2 is 1.85 bits per heavy atom. The first-order valence-electron chi connectivity index (χ1n) is 5.13. The van der Waals surface area contributed by atoms with Gasteiger partial charge < -0.3 is 0 Å². The maximum atomic E-state index is 2.47. The van der Waals surface area contributed by atoms with Crippen LogP contribution >= 0.6 is 0 Å². The molecule has 1 aromatic rings. The molecule has 3 aliphatic carbocycles. The molecule has 66 valence electrons. The summed E-state index contributed by atoms with van der Waals surface area (Å²) in [5.74, 6) is 1.46. The third kappa shape index (κ3) is 0.918. The second-order valence-corrected chi connectivity index (χ2v) is 4.28. The van der Waals surface area contributed by atoms with Crippen LogP contribution in [-0.4, -0.2) is 0 Å². The molecule has 0 heterocycles. The molecule has 0 fully saturated rings. The minimum Gasteiger partial charge on any atom is -0.0775 e. The molecule has 1 aromatic carbocycles. The zero-order chi connectivity index (χ0) is 8.84. The van der Waals surface area contributed by atoms with Crippen molar-refractivity contribution in [2.75, 3.05) is 0 Å². The molecular weight excluding hydrogens is 156 g/mol. The van der Waals surface area contributed by atoms with E-state index in [0.29, 0.717) is 0 Å². The molecule has 0 heteroatoms. The van der Waals surface area contributed by atoms with E-state index >= 15 is 0 Å². The molecule has 0 saturated heterocycles. The second-order valence-electron chi connectivity index (χ2n) is 4.28. The Bertz CT molecular complexity index is 373. The van der Waals surface area contributed by atoms with Gasteiger partial charge in [0, 0.05) is 11.8 Å². The molecule has 0 aromatic heterocycles. The van der Waals surface area contributed by atoms with E-state index in [1.807, 2.05) is 0 Å². The molecule has 13 heavy (non-hydrogen) atoms. The van der Waals surface area contributed by atoms with Crippen molar-refractivity contribution < 1.29 is 0 Å². The van der Waals surface area contributed by atoms with Crippen LogP contribution in [0.25, 0.3) is 0 Å². The summed E-state index contributed by atoms with van der Waals surface area (Å²) in [5.41, 5.74) is 4.78. The molecule has 0 radical (unpaired) electrons. The molecule has 0 saturated carbocycles. The Balaban J connectivity index is 2.23. The van der Waals surface area contributed by atoms with Gasteiger partial charge in [0.25, 0.3) is 0 Å². The van der Waals surface area contributed by atoms with E-state index < -0.39 is 0 Å². The zero-order valence-electron chi connectivity index (χ0n) is 7.96. The average molecular weight is 170 g/mol. The quantitative estimate of drug-likeness (QED) is 0.522. The van der Waals surface area contributed by atoms with Crippen LogP contribution in [0, 0.1) is 0 Å².